The number of hydrogen-bond donors (Lipinski definition) is 7. The van der Waals surface area contributed by atoms with E-state index in [2.05, 4.69) is 22.4 Å². The van der Waals surface area contributed by atoms with Crippen molar-refractivity contribution in [3.05, 3.63) is 0 Å². The predicted molar refractivity (Wildman–Crippen MR) is 72.2 cm³/mol. The molecule has 0 radical (unpaired) electrons. The summed E-state index contributed by atoms with van der Waals surface area (Å²) in [7, 11) is 0. The summed E-state index contributed by atoms with van der Waals surface area (Å²) >= 11 is 3.24. The first kappa shape index (κ1) is 19.1. The molecule has 1 aliphatic heterocycles. The largest absolute Gasteiger partial charge is 0.394 e. The van der Waals surface area contributed by atoms with Crippen molar-refractivity contribution in [2.24, 2.45) is 0 Å². The Morgan fingerprint density at radius 3 is 2.55 bits per heavy atom. The van der Waals surface area contributed by atoms with Gasteiger partial charge in [0.25, 0.3) is 5.79 Å². The number of aliphatic hydroxyl groups excluding tert-OH is 4. The number of amides is 1. The molecule has 11 heteroatoms. The smallest absolute Gasteiger partial charge is 0.378 e. The van der Waals surface area contributed by atoms with Crippen LogP contribution in [0.4, 0.5) is 0 Å². The molecule has 0 bridgehead atoms. The average molecular weight is 341 g/mol. The van der Waals surface area contributed by atoms with E-state index in [-0.39, 0.29) is 0 Å². The van der Waals surface area contributed by atoms with Crippen LogP contribution in [0.25, 0.3) is 0 Å². The van der Waals surface area contributed by atoms with Gasteiger partial charge >= 0.3 is 5.97 Å². The van der Waals surface area contributed by atoms with Gasteiger partial charge in [0.2, 0.25) is 5.91 Å². The highest BCUT2D eigenvalue weighted by molar-refractivity contribution is 7.75. The standard InChI is InChI=1S/C11H19NO9S/c1-4(14)12-7-5(15)2-11(19,10(18)21-22)20-9(7)8(17)6(16)3-13/h5-9,13,15-17,19,22H,2-3H2,1H3,(H,12,14)/t5-,6+,7+,8?,9+,11+/m0/s1. The third kappa shape index (κ3) is 4.07. The number of aliphatic hydroxyl groups is 5. The zero-order valence-corrected chi connectivity index (χ0v) is 12.5. The first-order valence-electron chi connectivity index (χ1n) is 6.34. The van der Waals surface area contributed by atoms with Crippen LogP contribution in [0, 0.1) is 0 Å². The molecular formula is C11H19NO9S. The van der Waals surface area contributed by atoms with Gasteiger partial charge in [-0.25, -0.2) is 4.79 Å². The number of carbonyl (C=O) groups is 2. The van der Waals surface area contributed by atoms with Gasteiger partial charge in [-0.1, -0.05) is 0 Å². The van der Waals surface area contributed by atoms with Gasteiger partial charge in [-0.05, 0) is 0 Å². The molecule has 0 aromatic heterocycles. The van der Waals surface area contributed by atoms with Crippen LogP contribution in [-0.4, -0.2) is 80.3 Å². The van der Waals surface area contributed by atoms with Gasteiger partial charge in [0.1, 0.15) is 18.3 Å². The quantitative estimate of drug-likeness (QED) is 0.198. The minimum Gasteiger partial charge on any atom is -0.394 e. The van der Waals surface area contributed by atoms with Crippen molar-refractivity contribution in [2.75, 3.05) is 6.61 Å². The van der Waals surface area contributed by atoms with Gasteiger partial charge in [-0.3, -0.25) is 4.79 Å². The molecule has 1 saturated heterocycles. The molecule has 0 aromatic rings. The van der Waals surface area contributed by atoms with E-state index in [1.807, 2.05) is 0 Å². The molecule has 6 N–H and O–H groups in total. The fourth-order valence-corrected chi connectivity index (χ4v) is 2.34. The third-order valence-electron chi connectivity index (χ3n) is 3.28. The lowest BCUT2D eigenvalue weighted by atomic mass is 9.88. The molecule has 0 spiro atoms. The van der Waals surface area contributed by atoms with Crippen LogP contribution in [-0.2, 0) is 18.5 Å². The lowest BCUT2D eigenvalue weighted by Crippen LogP contribution is -2.67. The van der Waals surface area contributed by atoms with Crippen LogP contribution < -0.4 is 5.32 Å². The fraction of sp³-hybridized carbons (Fsp3) is 0.818. The van der Waals surface area contributed by atoms with E-state index in [4.69, 9.17) is 9.84 Å². The number of ether oxygens (including phenoxy) is 1. The molecule has 22 heavy (non-hydrogen) atoms. The average Bonchev–Trinajstić information content (AvgIpc) is 2.46. The van der Waals surface area contributed by atoms with Crippen molar-refractivity contribution < 1.29 is 44.0 Å². The molecule has 0 aliphatic carbocycles. The Hall–Kier alpha value is -0.950. The van der Waals surface area contributed by atoms with Crippen LogP contribution >= 0.6 is 12.9 Å². The lowest BCUT2D eigenvalue weighted by molar-refractivity contribution is -0.293. The molecule has 1 amide bonds. The Morgan fingerprint density at radius 1 is 1.50 bits per heavy atom. The van der Waals surface area contributed by atoms with Crippen molar-refractivity contribution in [3.63, 3.8) is 0 Å². The monoisotopic (exact) mass is 341 g/mol. The Labute approximate surface area is 131 Å². The summed E-state index contributed by atoms with van der Waals surface area (Å²) in [5.74, 6) is -4.55. The molecule has 1 rings (SSSR count). The van der Waals surface area contributed by atoms with E-state index in [1.54, 1.807) is 0 Å². The first-order valence-corrected chi connectivity index (χ1v) is 6.71. The zero-order valence-electron chi connectivity index (χ0n) is 11.6. The van der Waals surface area contributed by atoms with E-state index in [1.165, 1.54) is 0 Å². The summed E-state index contributed by atoms with van der Waals surface area (Å²) in [6.45, 7) is 0.292. The highest BCUT2D eigenvalue weighted by atomic mass is 32.1. The Kier molecular flexibility index (Phi) is 6.55. The molecule has 1 heterocycles. The van der Waals surface area contributed by atoms with E-state index in [9.17, 15) is 30.0 Å². The van der Waals surface area contributed by atoms with Gasteiger partial charge < -0.3 is 39.8 Å². The number of thiol groups is 1. The Bertz CT molecular complexity index is 422. The van der Waals surface area contributed by atoms with Gasteiger partial charge in [0.15, 0.2) is 0 Å². The number of carbonyl (C=O) groups excluding carboxylic acids is 2. The highest BCUT2D eigenvalue weighted by Crippen LogP contribution is 2.31. The Balaban J connectivity index is 3.09. The highest BCUT2D eigenvalue weighted by Gasteiger charge is 2.54. The van der Waals surface area contributed by atoms with Crippen LogP contribution in [0.3, 0.4) is 0 Å². The van der Waals surface area contributed by atoms with Crippen LogP contribution in [0.2, 0.25) is 0 Å². The molecule has 0 aromatic carbocycles. The maximum atomic E-state index is 11.5. The van der Waals surface area contributed by atoms with Gasteiger partial charge in [-0.2, -0.15) is 0 Å². The first-order chi connectivity index (χ1) is 10.2. The molecule has 6 atom stereocenters. The summed E-state index contributed by atoms with van der Waals surface area (Å²) in [6.07, 6.45) is -7.25. The SMILES string of the molecule is CC(=O)N[C@@H]1[C@@H](O)C[C@](O)(C(=O)OS)O[C@H]1C(O)[C@H](O)CO. The van der Waals surface area contributed by atoms with Crippen LogP contribution in [0.1, 0.15) is 13.3 Å². The van der Waals surface area contributed by atoms with Gasteiger partial charge in [0, 0.05) is 26.3 Å². The van der Waals surface area contributed by atoms with Gasteiger partial charge in [-0.15, -0.1) is 0 Å². The van der Waals surface area contributed by atoms with Crippen molar-refractivity contribution in [1.82, 2.24) is 5.32 Å². The number of nitrogens with one attached hydrogen (secondary N) is 1. The van der Waals surface area contributed by atoms with Crippen molar-refractivity contribution in [3.8, 4) is 0 Å². The second-order valence-electron chi connectivity index (χ2n) is 4.98. The van der Waals surface area contributed by atoms with Gasteiger partial charge in [0.05, 0.1) is 18.8 Å². The molecule has 128 valence electrons. The van der Waals surface area contributed by atoms with E-state index < -0.39 is 61.1 Å². The van der Waals surface area contributed by atoms with Crippen LogP contribution in [0.5, 0.6) is 0 Å². The molecule has 1 fully saturated rings. The Morgan fingerprint density at radius 2 is 2.09 bits per heavy atom. The minimum absolute atomic E-state index is 0.578. The molecule has 1 aliphatic rings. The normalized spacial score (nSPS) is 34.6. The number of hydrogen-bond acceptors (Lipinski definition) is 10. The summed E-state index contributed by atoms with van der Waals surface area (Å²) in [5.41, 5.74) is 0. The van der Waals surface area contributed by atoms with E-state index in [0.29, 0.717) is 0 Å². The summed E-state index contributed by atoms with van der Waals surface area (Å²) in [6, 6.07) is -1.23. The minimum atomic E-state index is -2.63. The van der Waals surface area contributed by atoms with Crippen LogP contribution in [0.15, 0.2) is 0 Å². The molecule has 1 unspecified atom stereocenters. The second kappa shape index (κ2) is 7.55. The van der Waals surface area contributed by atoms with E-state index in [0.717, 1.165) is 6.92 Å². The number of rotatable bonds is 5. The fourth-order valence-electron chi connectivity index (χ4n) is 2.20. The lowest BCUT2D eigenvalue weighted by Gasteiger charge is -2.44. The van der Waals surface area contributed by atoms with E-state index >= 15 is 0 Å². The van der Waals surface area contributed by atoms with Crippen molar-refractivity contribution in [2.45, 2.75) is 49.6 Å². The molecule has 0 saturated carbocycles. The predicted octanol–water partition coefficient (Wildman–Crippen LogP) is -3.57. The molecular weight excluding hydrogens is 322 g/mol. The molecule has 10 nitrogen and oxygen atoms in total. The zero-order chi connectivity index (χ0) is 17.1. The maximum Gasteiger partial charge on any atom is 0.378 e. The topological polar surface area (TPSA) is 166 Å². The summed E-state index contributed by atoms with van der Waals surface area (Å²) in [5, 5.41) is 50.7. The summed E-state index contributed by atoms with van der Waals surface area (Å²) < 4.78 is 9.09. The third-order valence-corrected chi connectivity index (χ3v) is 3.44. The second-order valence-corrected chi connectivity index (χ2v) is 5.17. The van der Waals surface area contributed by atoms with Crippen molar-refractivity contribution in [1.29, 1.82) is 0 Å². The van der Waals surface area contributed by atoms with Crippen molar-refractivity contribution >= 4 is 24.8 Å². The maximum absolute atomic E-state index is 11.5. The summed E-state index contributed by atoms with van der Waals surface area (Å²) in [4.78, 5) is 22.7.